The van der Waals surface area contributed by atoms with Crippen LogP contribution in [-0.2, 0) is 10.0 Å². The minimum absolute atomic E-state index is 0.0837. The van der Waals surface area contributed by atoms with Crippen LogP contribution in [0.1, 0.15) is 114 Å². The van der Waals surface area contributed by atoms with Crippen molar-refractivity contribution in [3.63, 3.8) is 0 Å². The molecule has 0 amide bonds. The first-order valence-electron chi connectivity index (χ1n) is 16.5. The second-order valence-electron chi connectivity index (χ2n) is 11.5. The molecule has 0 aromatic heterocycles. The molecule has 0 fully saturated rings. The topological polar surface area (TPSA) is 81.7 Å². The monoisotopic (exact) mass is 631 g/mol. The van der Waals surface area contributed by atoms with Crippen molar-refractivity contribution in [2.45, 2.75) is 109 Å². The van der Waals surface area contributed by atoms with E-state index in [0.717, 1.165) is 36.8 Å². The van der Waals surface area contributed by atoms with Gasteiger partial charge >= 0.3 is 0 Å². The molecule has 7 nitrogen and oxygen atoms in total. The highest BCUT2D eigenvalue weighted by molar-refractivity contribution is 7.90. The molecule has 1 unspecified atom stereocenters. The number of aryl methyl sites for hydroxylation is 1. The van der Waals surface area contributed by atoms with Gasteiger partial charge in [0, 0.05) is 0 Å². The Morgan fingerprint density at radius 1 is 0.689 bits per heavy atom. The Morgan fingerprint density at radius 3 is 1.80 bits per heavy atom. The number of rotatable bonds is 21. The molecule has 3 aromatic rings. The van der Waals surface area contributed by atoms with Crippen LogP contribution in [0.2, 0.25) is 0 Å². The Balaban J connectivity index is 1.87. The first-order valence-corrected chi connectivity index (χ1v) is 17.9. The lowest BCUT2D eigenvalue weighted by Crippen LogP contribution is -2.05. The summed E-state index contributed by atoms with van der Waals surface area (Å²) < 4.78 is 42.5. The SMILES string of the molecule is [C-]#[N+]c1ccc(C(N=NS(=O)(=O)c2ccc(C)cc2)c2ccc(OCCCCCCCC)c(OCCCCCCCC)c2)cc1. The molecule has 0 aliphatic carbocycles. The summed E-state index contributed by atoms with van der Waals surface area (Å²) in [6.45, 7) is 14.8. The van der Waals surface area contributed by atoms with Crippen LogP contribution in [0.15, 0.2) is 81.3 Å². The minimum atomic E-state index is -4.02. The van der Waals surface area contributed by atoms with Crippen LogP contribution < -0.4 is 9.47 Å². The maximum absolute atomic E-state index is 13.1. The maximum Gasteiger partial charge on any atom is 0.299 e. The van der Waals surface area contributed by atoms with Crippen molar-refractivity contribution in [2.24, 2.45) is 9.63 Å². The molecule has 0 aliphatic heterocycles. The van der Waals surface area contributed by atoms with Crippen molar-refractivity contribution >= 4 is 15.7 Å². The fraction of sp³-hybridized carbons (Fsp3) is 0.486. The smallest absolute Gasteiger partial charge is 0.299 e. The highest BCUT2D eigenvalue weighted by Gasteiger charge is 2.20. The summed E-state index contributed by atoms with van der Waals surface area (Å²) in [5, 5.41) is 4.37. The van der Waals surface area contributed by atoms with Crippen molar-refractivity contribution < 1.29 is 17.9 Å². The van der Waals surface area contributed by atoms with Crippen LogP contribution in [0.5, 0.6) is 11.5 Å². The van der Waals surface area contributed by atoms with Crippen LogP contribution in [0.25, 0.3) is 4.85 Å². The molecule has 0 N–H and O–H groups in total. The minimum Gasteiger partial charge on any atom is -0.490 e. The van der Waals surface area contributed by atoms with E-state index >= 15 is 0 Å². The van der Waals surface area contributed by atoms with E-state index < -0.39 is 16.1 Å². The van der Waals surface area contributed by atoms with Gasteiger partial charge in [0.05, 0.1) is 24.7 Å². The zero-order valence-corrected chi connectivity index (χ0v) is 28.0. The second kappa shape index (κ2) is 19.6. The van der Waals surface area contributed by atoms with Crippen molar-refractivity contribution in [3.05, 3.63) is 94.8 Å². The van der Waals surface area contributed by atoms with E-state index in [-0.39, 0.29) is 4.90 Å². The summed E-state index contributed by atoms with van der Waals surface area (Å²) in [6, 6.07) is 18.5. The number of hydrogen-bond donors (Lipinski definition) is 0. The largest absolute Gasteiger partial charge is 0.490 e. The summed E-state index contributed by atoms with van der Waals surface area (Å²) >= 11 is 0. The van der Waals surface area contributed by atoms with Crippen molar-refractivity contribution in [1.29, 1.82) is 0 Å². The summed E-state index contributed by atoms with van der Waals surface area (Å²) in [5.74, 6) is 1.29. The zero-order valence-electron chi connectivity index (χ0n) is 27.2. The fourth-order valence-electron chi connectivity index (χ4n) is 4.98. The van der Waals surface area contributed by atoms with E-state index in [0.29, 0.717) is 36.0 Å². The molecule has 0 saturated heterocycles. The molecule has 45 heavy (non-hydrogen) atoms. The van der Waals surface area contributed by atoms with Crippen molar-refractivity contribution in [3.8, 4) is 11.5 Å². The highest BCUT2D eigenvalue weighted by Crippen LogP contribution is 2.36. The van der Waals surface area contributed by atoms with Crippen molar-refractivity contribution in [1.82, 2.24) is 0 Å². The van der Waals surface area contributed by atoms with Crippen LogP contribution in [-0.4, -0.2) is 21.6 Å². The summed E-state index contributed by atoms with van der Waals surface area (Å²) in [4.78, 5) is 3.57. The number of benzene rings is 3. The molecule has 0 aliphatic rings. The Kier molecular flexibility index (Phi) is 15.6. The van der Waals surface area contributed by atoms with Gasteiger partial charge in [-0.1, -0.05) is 131 Å². The van der Waals surface area contributed by atoms with E-state index in [1.165, 1.54) is 63.5 Å². The third-order valence-electron chi connectivity index (χ3n) is 7.72. The van der Waals surface area contributed by atoms with Crippen LogP contribution >= 0.6 is 0 Å². The van der Waals surface area contributed by atoms with Gasteiger partial charge in [-0.15, -0.1) is 0 Å². The maximum atomic E-state index is 13.1. The van der Waals surface area contributed by atoms with E-state index in [1.807, 2.05) is 25.1 Å². The molecule has 3 aromatic carbocycles. The lowest BCUT2D eigenvalue weighted by atomic mass is 9.99. The molecule has 3 rings (SSSR count). The average molecular weight is 632 g/mol. The van der Waals surface area contributed by atoms with Gasteiger partial charge in [0.15, 0.2) is 17.2 Å². The molecule has 0 spiro atoms. The first-order chi connectivity index (χ1) is 21.9. The number of ether oxygens (including phenoxy) is 2. The van der Waals surface area contributed by atoms with Gasteiger partial charge in [-0.25, -0.2) is 4.85 Å². The molecular weight excluding hydrogens is 582 g/mol. The van der Waals surface area contributed by atoms with Gasteiger partial charge in [-0.2, -0.15) is 13.5 Å². The Morgan fingerprint density at radius 2 is 1.22 bits per heavy atom. The third kappa shape index (κ3) is 12.3. The summed E-state index contributed by atoms with van der Waals surface area (Å²) in [5.41, 5.74) is 2.88. The molecule has 0 bridgehead atoms. The van der Waals surface area contributed by atoms with E-state index in [9.17, 15) is 8.42 Å². The molecular formula is C37H49N3O4S. The molecule has 0 saturated carbocycles. The second-order valence-corrected chi connectivity index (χ2v) is 13.1. The number of sulfonamides is 1. The molecule has 0 heterocycles. The predicted molar refractivity (Wildman–Crippen MR) is 182 cm³/mol. The first kappa shape index (κ1) is 35.8. The molecule has 0 radical (unpaired) electrons. The zero-order chi connectivity index (χ0) is 32.3. The van der Waals surface area contributed by atoms with Gasteiger partial charge in [-0.3, -0.25) is 0 Å². The van der Waals surface area contributed by atoms with Crippen LogP contribution in [0.3, 0.4) is 0 Å². The third-order valence-corrected chi connectivity index (χ3v) is 8.90. The number of nitrogens with zero attached hydrogens (tertiary/aromatic N) is 3. The predicted octanol–water partition coefficient (Wildman–Crippen LogP) is 11.0. The van der Waals surface area contributed by atoms with Gasteiger partial charge in [0.2, 0.25) is 0 Å². The fourth-order valence-corrected chi connectivity index (χ4v) is 5.77. The lowest BCUT2D eigenvalue weighted by Gasteiger charge is -2.18. The normalized spacial score (nSPS) is 12.2. The molecule has 242 valence electrons. The Labute approximate surface area is 271 Å². The summed E-state index contributed by atoms with van der Waals surface area (Å²) in [7, 11) is -4.02. The van der Waals surface area contributed by atoms with Crippen LogP contribution in [0.4, 0.5) is 5.69 Å². The number of unbranched alkanes of at least 4 members (excludes halogenated alkanes) is 10. The van der Waals surface area contributed by atoms with E-state index in [1.54, 1.807) is 36.4 Å². The van der Waals surface area contributed by atoms with Crippen LogP contribution in [0, 0.1) is 13.5 Å². The highest BCUT2D eigenvalue weighted by atomic mass is 32.2. The standard InChI is InChI=1S/C37H49N3O4S/c1-5-7-9-11-13-15-27-43-35-26-21-32(29-36(35)44-28-16-14-12-10-8-6-2)37(31-19-22-33(38-4)23-20-31)39-40-45(41,42)34-24-17-30(3)18-25-34/h17-26,29,37H,5-16,27-28H2,1-3H3. The average Bonchev–Trinajstić information content (AvgIpc) is 3.05. The lowest BCUT2D eigenvalue weighted by molar-refractivity contribution is 0.258. The van der Waals surface area contributed by atoms with Crippen molar-refractivity contribution in [2.75, 3.05) is 13.2 Å². The van der Waals surface area contributed by atoms with Gasteiger partial charge in [-0.05, 0) is 55.2 Å². The Bertz CT molecular complexity index is 1460. The summed E-state index contributed by atoms with van der Waals surface area (Å²) in [6.07, 6.45) is 14.0. The van der Waals surface area contributed by atoms with E-state index in [2.05, 4.69) is 28.3 Å². The van der Waals surface area contributed by atoms with Gasteiger partial charge in [0.25, 0.3) is 10.0 Å². The van der Waals surface area contributed by atoms with Gasteiger partial charge in [0.1, 0.15) is 6.04 Å². The molecule has 1 atom stereocenters. The Hall–Kier alpha value is -3.70. The number of hydrogen-bond acceptors (Lipinski definition) is 5. The quantitative estimate of drug-likeness (QED) is 0.0665. The van der Waals surface area contributed by atoms with Gasteiger partial charge < -0.3 is 9.47 Å². The van der Waals surface area contributed by atoms with E-state index in [4.69, 9.17) is 16.0 Å². The molecule has 8 heteroatoms.